The zero-order valence-electron chi connectivity index (χ0n) is 13.8. The highest BCUT2D eigenvalue weighted by Gasteiger charge is 2.06. The van der Waals surface area contributed by atoms with Gasteiger partial charge in [-0.05, 0) is 74.5 Å². The molecule has 3 aromatic rings. The Kier molecular flexibility index (Phi) is 5.69. The highest BCUT2D eigenvalue weighted by molar-refractivity contribution is 7.16. The molecule has 2 aromatic carbocycles. The van der Waals surface area contributed by atoms with Crippen molar-refractivity contribution in [2.45, 2.75) is 13.8 Å². The molecule has 0 saturated heterocycles. The Bertz CT molecular complexity index is 847. The monoisotopic (exact) mass is 386 g/mol. The molecule has 0 unspecified atom stereocenters. The molecule has 0 fully saturated rings. The first-order valence-electron chi connectivity index (χ1n) is 7.73. The van der Waals surface area contributed by atoms with Gasteiger partial charge in [0.1, 0.15) is 0 Å². The molecule has 3 rings (SSSR count). The van der Waals surface area contributed by atoms with Gasteiger partial charge in [-0.1, -0.05) is 23.2 Å². The van der Waals surface area contributed by atoms with Gasteiger partial charge >= 0.3 is 0 Å². The molecule has 126 valence electrons. The summed E-state index contributed by atoms with van der Waals surface area (Å²) in [5, 5.41) is 1.42. The summed E-state index contributed by atoms with van der Waals surface area (Å²) in [5.74, 6) is 0. The maximum absolute atomic E-state index is 5.91. The maximum Gasteiger partial charge on any atom is 0.0634 e. The standard InChI is InChI=1S/C20H16Cl2N2S/c1-13(23-17-7-3-15(21)4-8-17)19-11-12-20(25-19)14(2)24-18-9-5-16(22)6-10-18/h3-12H,1-2H3. The Morgan fingerprint density at radius 2 is 1.00 bits per heavy atom. The number of hydrogen-bond acceptors (Lipinski definition) is 3. The average molecular weight is 387 g/mol. The minimum atomic E-state index is 0.712. The van der Waals surface area contributed by atoms with Gasteiger partial charge in [0.2, 0.25) is 0 Å². The van der Waals surface area contributed by atoms with E-state index in [9.17, 15) is 0 Å². The first-order valence-corrected chi connectivity index (χ1v) is 9.31. The number of hydrogen-bond donors (Lipinski definition) is 0. The van der Waals surface area contributed by atoms with Crippen molar-refractivity contribution in [3.63, 3.8) is 0 Å². The largest absolute Gasteiger partial charge is 0.252 e. The Morgan fingerprint density at radius 3 is 1.36 bits per heavy atom. The van der Waals surface area contributed by atoms with Gasteiger partial charge in [0.25, 0.3) is 0 Å². The summed E-state index contributed by atoms with van der Waals surface area (Å²) >= 11 is 13.5. The molecule has 5 heteroatoms. The Morgan fingerprint density at radius 1 is 0.640 bits per heavy atom. The van der Waals surface area contributed by atoms with E-state index in [-0.39, 0.29) is 0 Å². The third-order valence-corrected chi connectivity index (χ3v) is 5.37. The minimum Gasteiger partial charge on any atom is -0.252 e. The lowest BCUT2D eigenvalue weighted by Gasteiger charge is -1.99. The van der Waals surface area contributed by atoms with Crippen molar-refractivity contribution in [3.8, 4) is 0 Å². The topological polar surface area (TPSA) is 24.7 Å². The summed E-state index contributed by atoms with van der Waals surface area (Å²) in [6.45, 7) is 4.02. The maximum atomic E-state index is 5.91. The Hall–Kier alpha value is -1.94. The lowest BCUT2D eigenvalue weighted by molar-refractivity contribution is 1.49. The molecule has 0 spiro atoms. The van der Waals surface area contributed by atoms with Crippen molar-refractivity contribution in [2.75, 3.05) is 0 Å². The van der Waals surface area contributed by atoms with E-state index in [1.807, 2.05) is 62.4 Å². The van der Waals surface area contributed by atoms with Crippen molar-refractivity contribution >= 4 is 57.3 Å². The van der Waals surface area contributed by atoms with Crippen molar-refractivity contribution in [1.29, 1.82) is 0 Å². The zero-order chi connectivity index (χ0) is 17.8. The fourth-order valence-corrected chi connectivity index (χ4v) is 3.40. The fraction of sp³-hybridized carbons (Fsp3) is 0.100. The Balaban J connectivity index is 1.81. The highest BCUT2D eigenvalue weighted by atomic mass is 35.5. The quantitative estimate of drug-likeness (QED) is 0.419. The number of nitrogens with zero attached hydrogens (tertiary/aromatic N) is 2. The first kappa shape index (κ1) is 17.9. The van der Waals surface area contributed by atoms with E-state index in [0.29, 0.717) is 10.0 Å². The molecule has 0 aliphatic heterocycles. The van der Waals surface area contributed by atoms with Crippen molar-refractivity contribution < 1.29 is 0 Å². The molecule has 0 aliphatic rings. The Labute approximate surface area is 161 Å². The second-order valence-electron chi connectivity index (χ2n) is 5.51. The molecule has 0 N–H and O–H groups in total. The van der Waals surface area contributed by atoms with Crippen LogP contribution in [-0.2, 0) is 0 Å². The van der Waals surface area contributed by atoms with Gasteiger partial charge in [0.15, 0.2) is 0 Å². The summed E-state index contributed by atoms with van der Waals surface area (Å²) < 4.78 is 0. The smallest absolute Gasteiger partial charge is 0.0634 e. The lowest BCUT2D eigenvalue weighted by Crippen LogP contribution is -1.90. The van der Waals surface area contributed by atoms with E-state index in [4.69, 9.17) is 23.2 Å². The number of rotatable bonds is 4. The molecule has 2 nitrogen and oxygen atoms in total. The van der Waals surface area contributed by atoms with Crippen LogP contribution in [0.1, 0.15) is 23.6 Å². The summed E-state index contributed by atoms with van der Waals surface area (Å²) in [6.07, 6.45) is 0. The van der Waals surface area contributed by atoms with E-state index in [1.54, 1.807) is 11.3 Å². The molecule has 0 atom stereocenters. The second kappa shape index (κ2) is 7.96. The van der Waals surface area contributed by atoms with Crippen LogP contribution in [0.2, 0.25) is 10.0 Å². The van der Waals surface area contributed by atoms with E-state index in [0.717, 1.165) is 32.6 Å². The lowest BCUT2D eigenvalue weighted by atomic mass is 10.2. The van der Waals surface area contributed by atoms with Crippen LogP contribution in [0.15, 0.2) is 70.6 Å². The van der Waals surface area contributed by atoms with Crippen molar-refractivity contribution in [1.82, 2.24) is 0 Å². The molecular formula is C20H16Cl2N2S. The summed E-state index contributed by atoms with van der Waals surface area (Å²) in [6, 6.07) is 19.2. The third-order valence-electron chi connectivity index (χ3n) is 3.57. The van der Waals surface area contributed by atoms with E-state index < -0.39 is 0 Å². The zero-order valence-corrected chi connectivity index (χ0v) is 16.2. The van der Waals surface area contributed by atoms with Gasteiger partial charge in [-0.15, -0.1) is 11.3 Å². The molecule has 0 amide bonds. The second-order valence-corrected chi connectivity index (χ2v) is 7.47. The van der Waals surface area contributed by atoms with Gasteiger partial charge in [0.05, 0.1) is 22.8 Å². The van der Waals surface area contributed by atoms with Crippen LogP contribution in [0, 0.1) is 0 Å². The van der Waals surface area contributed by atoms with E-state index in [2.05, 4.69) is 22.1 Å². The van der Waals surface area contributed by atoms with E-state index >= 15 is 0 Å². The summed E-state index contributed by atoms with van der Waals surface area (Å²) in [7, 11) is 0. The SMILES string of the molecule is CC(=Nc1ccc(Cl)cc1)c1ccc(C(C)=Nc2ccc(Cl)cc2)s1. The minimum absolute atomic E-state index is 0.712. The fourth-order valence-electron chi connectivity index (χ4n) is 2.26. The van der Waals surface area contributed by atoms with Crippen LogP contribution in [0.5, 0.6) is 0 Å². The highest BCUT2D eigenvalue weighted by Crippen LogP contribution is 2.24. The van der Waals surface area contributed by atoms with Crippen LogP contribution in [0.4, 0.5) is 11.4 Å². The molecule has 0 aliphatic carbocycles. The average Bonchev–Trinajstić information content (AvgIpc) is 3.09. The number of benzene rings is 2. The van der Waals surface area contributed by atoms with Crippen molar-refractivity contribution in [2.24, 2.45) is 9.98 Å². The van der Waals surface area contributed by atoms with Gasteiger partial charge in [-0.25, -0.2) is 0 Å². The van der Waals surface area contributed by atoms with Crippen LogP contribution in [-0.4, -0.2) is 11.4 Å². The molecular weight excluding hydrogens is 371 g/mol. The van der Waals surface area contributed by atoms with Gasteiger partial charge in [0, 0.05) is 19.8 Å². The van der Waals surface area contributed by atoms with Crippen LogP contribution in [0.3, 0.4) is 0 Å². The predicted molar refractivity (Wildman–Crippen MR) is 111 cm³/mol. The molecule has 1 aromatic heterocycles. The number of halogens is 2. The van der Waals surface area contributed by atoms with Crippen molar-refractivity contribution in [3.05, 3.63) is 80.5 Å². The molecule has 0 saturated carbocycles. The van der Waals surface area contributed by atoms with Gasteiger partial charge < -0.3 is 0 Å². The van der Waals surface area contributed by atoms with Crippen LogP contribution in [0.25, 0.3) is 0 Å². The molecule has 1 heterocycles. The third kappa shape index (κ3) is 4.79. The first-order chi connectivity index (χ1) is 12.0. The van der Waals surface area contributed by atoms with E-state index in [1.165, 1.54) is 0 Å². The molecule has 0 bridgehead atoms. The molecule has 25 heavy (non-hydrogen) atoms. The van der Waals surface area contributed by atoms with Gasteiger partial charge in [-0.2, -0.15) is 0 Å². The summed E-state index contributed by atoms with van der Waals surface area (Å²) in [5.41, 5.74) is 3.72. The van der Waals surface area contributed by atoms with Crippen LogP contribution >= 0.6 is 34.5 Å². The molecule has 0 radical (unpaired) electrons. The number of thiophene rings is 1. The van der Waals surface area contributed by atoms with Crippen LogP contribution < -0.4 is 0 Å². The normalized spacial score (nSPS) is 12.5. The summed E-state index contributed by atoms with van der Waals surface area (Å²) in [4.78, 5) is 11.5. The van der Waals surface area contributed by atoms with Gasteiger partial charge in [-0.3, -0.25) is 9.98 Å². The predicted octanol–water partition coefficient (Wildman–Crippen LogP) is 7.34. The number of aliphatic imine (C=N–C) groups is 2.